The molecule has 33 heavy (non-hydrogen) atoms. The molecule has 2 heterocycles. The Labute approximate surface area is 192 Å². The van der Waals surface area contributed by atoms with Gasteiger partial charge >= 0.3 is 6.36 Å². The van der Waals surface area contributed by atoms with Crippen molar-refractivity contribution < 1.29 is 27.4 Å². The number of halogens is 3. The summed E-state index contributed by atoms with van der Waals surface area (Å²) in [5.41, 5.74) is 3.65. The minimum absolute atomic E-state index is 0.303. The average molecular weight is 475 g/mol. The number of aromatic nitrogens is 3. The van der Waals surface area contributed by atoms with Gasteiger partial charge in [-0.2, -0.15) is 0 Å². The van der Waals surface area contributed by atoms with E-state index in [0.29, 0.717) is 40.0 Å². The highest BCUT2D eigenvalue weighted by atomic mass is 32.2. The van der Waals surface area contributed by atoms with Crippen LogP contribution in [0.25, 0.3) is 11.0 Å². The number of aromatic amines is 1. The standard InChI is InChI=1S/C23H20F3N3O3S/c1-14-19(27-11-20(30-2)21(14)31-12-15-6-4-3-5-7-15)13-33-22-28-17-9-8-16(10-18(17)29-22)32-23(24,25)26/h3-11H,12-13H2,1-2H3,(H,28,29). The van der Waals surface area contributed by atoms with E-state index in [9.17, 15) is 13.2 Å². The number of H-pyrrole nitrogens is 1. The molecule has 0 radical (unpaired) electrons. The molecule has 10 heteroatoms. The van der Waals surface area contributed by atoms with Crippen molar-refractivity contribution in [3.63, 3.8) is 0 Å². The number of hydrogen-bond acceptors (Lipinski definition) is 6. The van der Waals surface area contributed by atoms with Crippen molar-refractivity contribution in [2.75, 3.05) is 7.11 Å². The van der Waals surface area contributed by atoms with Gasteiger partial charge in [-0.3, -0.25) is 4.98 Å². The van der Waals surface area contributed by atoms with Crippen molar-refractivity contribution in [1.29, 1.82) is 0 Å². The molecule has 0 aliphatic rings. The van der Waals surface area contributed by atoms with Crippen LogP contribution in [0.4, 0.5) is 13.2 Å². The Morgan fingerprint density at radius 1 is 1.09 bits per heavy atom. The summed E-state index contributed by atoms with van der Waals surface area (Å²) in [5.74, 6) is 1.33. The molecule has 0 bridgehead atoms. The summed E-state index contributed by atoms with van der Waals surface area (Å²) in [6.45, 7) is 2.30. The van der Waals surface area contributed by atoms with Gasteiger partial charge in [-0.25, -0.2) is 4.98 Å². The minimum Gasteiger partial charge on any atom is -0.491 e. The van der Waals surface area contributed by atoms with E-state index in [1.807, 2.05) is 37.3 Å². The molecule has 172 valence electrons. The second-order valence-electron chi connectivity index (χ2n) is 7.06. The maximum atomic E-state index is 12.5. The number of methoxy groups -OCH3 is 1. The molecule has 4 aromatic rings. The molecule has 0 atom stereocenters. The molecule has 6 nitrogen and oxygen atoms in total. The fourth-order valence-electron chi connectivity index (χ4n) is 3.18. The average Bonchev–Trinajstić information content (AvgIpc) is 3.19. The van der Waals surface area contributed by atoms with Crippen LogP contribution < -0.4 is 14.2 Å². The summed E-state index contributed by atoms with van der Waals surface area (Å²) in [6.07, 6.45) is -3.13. The summed E-state index contributed by atoms with van der Waals surface area (Å²) in [6, 6.07) is 13.8. The Morgan fingerprint density at radius 2 is 1.88 bits per heavy atom. The predicted octanol–water partition coefficient (Wildman–Crippen LogP) is 6.04. The number of rotatable bonds is 8. The monoisotopic (exact) mass is 475 g/mol. The van der Waals surface area contributed by atoms with Gasteiger partial charge in [-0.1, -0.05) is 42.1 Å². The van der Waals surface area contributed by atoms with Crippen molar-refractivity contribution in [1.82, 2.24) is 15.0 Å². The normalized spacial score (nSPS) is 11.5. The van der Waals surface area contributed by atoms with Gasteiger partial charge in [-0.05, 0) is 24.6 Å². The first-order valence-electron chi connectivity index (χ1n) is 9.90. The quantitative estimate of drug-likeness (QED) is 0.313. The number of alkyl halides is 3. The van der Waals surface area contributed by atoms with Crippen molar-refractivity contribution in [3.05, 3.63) is 71.5 Å². The van der Waals surface area contributed by atoms with Crippen LogP contribution in [0.3, 0.4) is 0 Å². The van der Waals surface area contributed by atoms with Crippen LogP contribution in [0.1, 0.15) is 16.8 Å². The number of hydrogen-bond donors (Lipinski definition) is 1. The molecule has 0 amide bonds. The van der Waals surface area contributed by atoms with Crippen molar-refractivity contribution in [3.8, 4) is 17.2 Å². The third-order valence-corrected chi connectivity index (χ3v) is 5.68. The Kier molecular flexibility index (Phi) is 6.64. The molecule has 2 aromatic heterocycles. The number of nitrogens with zero attached hydrogens (tertiary/aromatic N) is 2. The van der Waals surface area contributed by atoms with Gasteiger partial charge in [0.05, 0.1) is 30.0 Å². The maximum absolute atomic E-state index is 12.5. The van der Waals surface area contributed by atoms with Crippen LogP contribution in [-0.4, -0.2) is 28.4 Å². The molecule has 2 aromatic carbocycles. The summed E-state index contributed by atoms with van der Waals surface area (Å²) >= 11 is 1.38. The van der Waals surface area contributed by atoms with Crippen molar-refractivity contribution >= 4 is 22.8 Å². The Morgan fingerprint density at radius 3 is 2.61 bits per heavy atom. The van der Waals surface area contributed by atoms with Gasteiger partial charge in [0.1, 0.15) is 12.4 Å². The van der Waals surface area contributed by atoms with Crippen molar-refractivity contribution in [2.45, 2.75) is 30.8 Å². The number of pyridine rings is 1. The molecule has 0 aliphatic heterocycles. The first-order chi connectivity index (χ1) is 15.8. The zero-order valence-corrected chi connectivity index (χ0v) is 18.6. The smallest absolute Gasteiger partial charge is 0.491 e. The van der Waals surface area contributed by atoms with Crippen LogP contribution in [0.2, 0.25) is 0 Å². The molecule has 1 N–H and O–H groups in total. The topological polar surface area (TPSA) is 69.3 Å². The molecule has 0 fully saturated rings. The maximum Gasteiger partial charge on any atom is 0.573 e. The largest absolute Gasteiger partial charge is 0.573 e. The molecule has 0 saturated heterocycles. The lowest BCUT2D eigenvalue weighted by molar-refractivity contribution is -0.274. The zero-order chi connectivity index (χ0) is 23.4. The van der Waals surface area contributed by atoms with Crippen LogP contribution in [0.5, 0.6) is 17.2 Å². The van der Waals surface area contributed by atoms with Crippen LogP contribution in [0, 0.1) is 6.92 Å². The van der Waals surface area contributed by atoms with Gasteiger partial charge in [0.15, 0.2) is 16.7 Å². The first kappa shape index (κ1) is 22.8. The van der Waals surface area contributed by atoms with Gasteiger partial charge in [0, 0.05) is 17.4 Å². The van der Waals surface area contributed by atoms with E-state index in [2.05, 4.69) is 19.7 Å². The van der Waals surface area contributed by atoms with Crippen LogP contribution >= 0.6 is 11.8 Å². The van der Waals surface area contributed by atoms with E-state index in [-0.39, 0.29) is 5.75 Å². The second kappa shape index (κ2) is 9.62. The summed E-state index contributed by atoms with van der Waals surface area (Å²) < 4.78 is 52.8. The van der Waals surface area contributed by atoms with Gasteiger partial charge in [0.25, 0.3) is 0 Å². The fourth-order valence-corrected chi connectivity index (χ4v) is 4.08. The Hall–Kier alpha value is -3.40. The number of nitrogens with one attached hydrogen (secondary N) is 1. The van der Waals surface area contributed by atoms with Crippen LogP contribution in [0.15, 0.2) is 59.9 Å². The van der Waals surface area contributed by atoms with E-state index < -0.39 is 6.36 Å². The Balaban J connectivity index is 1.49. The fraction of sp³-hybridized carbons (Fsp3) is 0.217. The number of thioether (sulfide) groups is 1. The van der Waals surface area contributed by atoms with E-state index in [1.54, 1.807) is 13.3 Å². The molecule has 0 saturated carbocycles. The van der Waals surface area contributed by atoms with Gasteiger partial charge in [0.2, 0.25) is 0 Å². The summed E-state index contributed by atoms with van der Waals surface area (Å²) in [7, 11) is 1.56. The second-order valence-corrected chi connectivity index (χ2v) is 8.02. The number of fused-ring (bicyclic) bond motifs is 1. The summed E-state index contributed by atoms with van der Waals surface area (Å²) in [4.78, 5) is 11.9. The van der Waals surface area contributed by atoms with Gasteiger partial charge < -0.3 is 19.2 Å². The van der Waals surface area contributed by atoms with Gasteiger partial charge in [-0.15, -0.1) is 13.2 Å². The van der Waals surface area contributed by atoms with E-state index in [1.165, 1.54) is 30.0 Å². The molecular weight excluding hydrogens is 455 g/mol. The van der Waals surface area contributed by atoms with Crippen molar-refractivity contribution in [2.24, 2.45) is 0 Å². The van der Waals surface area contributed by atoms with Crippen LogP contribution in [-0.2, 0) is 12.4 Å². The molecule has 0 spiro atoms. The third-order valence-electron chi connectivity index (χ3n) is 4.79. The molecular formula is C23H20F3N3O3S. The highest BCUT2D eigenvalue weighted by molar-refractivity contribution is 7.98. The Bertz CT molecular complexity index is 1250. The number of imidazole rings is 1. The molecule has 0 aliphatic carbocycles. The SMILES string of the molecule is COc1cnc(CSc2nc3ccc(OC(F)(F)F)cc3[nH]2)c(C)c1OCc1ccccc1. The van der Waals surface area contributed by atoms with E-state index >= 15 is 0 Å². The minimum atomic E-state index is -4.75. The third kappa shape index (κ3) is 5.70. The lowest BCUT2D eigenvalue weighted by Gasteiger charge is -2.15. The van der Waals surface area contributed by atoms with E-state index in [4.69, 9.17) is 9.47 Å². The lowest BCUT2D eigenvalue weighted by Crippen LogP contribution is -2.16. The lowest BCUT2D eigenvalue weighted by atomic mass is 10.2. The highest BCUT2D eigenvalue weighted by Gasteiger charge is 2.31. The zero-order valence-electron chi connectivity index (χ0n) is 17.8. The summed E-state index contributed by atoms with van der Waals surface area (Å²) in [5, 5.41) is 0.554. The van der Waals surface area contributed by atoms with E-state index in [0.717, 1.165) is 16.8 Å². The molecule has 4 rings (SSSR count). The number of benzene rings is 2. The predicted molar refractivity (Wildman–Crippen MR) is 119 cm³/mol. The first-order valence-corrected chi connectivity index (χ1v) is 10.9. The highest BCUT2D eigenvalue weighted by Crippen LogP contribution is 2.35. The molecule has 0 unspecified atom stereocenters. The number of ether oxygens (including phenoxy) is 3.